The fraction of sp³-hybridized carbons (Fsp3) is 0.786. The Morgan fingerprint density at radius 1 is 1.26 bits per heavy atom. The van der Waals surface area contributed by atoms with Crippen molar-refractivity contribution in [2.24, 2.45) is 11.7 Å². The summed E-state index contributed by atoms with van der Waals surface area (Å²) in [5, 5.41) is 11.2. The molecule has 0 bridgehead atoms. The molecule has 0 saturated heterocycles. The zero-order valence-electron chi connectivity index (χ0n) is 11.4. The van der Waals surface area contributed by atoms with Gasteiger partial charge in [0.2, 0.25) is 11.8 Å². The third-order valence-electron chi connectivity index (χ3n) is 3.67. The SMILES string of the molecule is N#CCCCC[C@@H](NC(=O)C1CCCCC1)C(N)=O. The lowest BCUT2D eigenvalue weighted by atomic mass is 9.88. The van der Waals surface area contributed by atoms with Crippen LogP contribution < -0.4 is 11.1 Å². The van der Waals surface area contributed by atoms with Crippen LogP contribution in [0.15, 0.2) is 0 Å². The largest absolute Gasteiger partial charge is 0.368 e. The average Bonchev–Trinajstić information content (AvgIpc) is 2.42. The lowest BCUT2D eigenvalue weighted by molar-refractivity contribution is -0.130. The van der Waals surface area contributed by atoms with Crippen LogP contribution >= 0.6 is 0 Å². The third-order valence-corrected chi connectivity index (χ3v) is 3.67. The second-order valence-corrected chi connectivity index (χ2v) is 5.20. The van der Waals surface area contributed by atoms with Crippen molar-refractivity contribution in [1.29, 1.82) is 5.26 Å². The van der Waals surface area contributed by atoms with Crippen LogP contribution in [0.25, 0.3) is 0 Å². The monoisotopic (exact) mass is 265 g/mol. The summed E-state index contributed by atoms with van der Waals surface area (Å²) in [6.07, 6.45) is 7.64. The number of nitriles is 1. The topological polar surface area (TPSA) is 96.0 Å². The molecule has 1 aliphatic rings. The number of rotatable bonds is 7. The summed E-state index contributed by atoms with van der Waals surface area (Å²) in [7, 11) is 0. The zero-order valence-corrected chi connectivity index (χ0v) is 11.4. The first-order chi connectivity index (χ1) is 9.15. The molecule has 0 aromatic carbocycles. The van der Waals surface area contributed by atoms with Crippen LogP contribution in [0.3, 0.4) is 0 Å². The van der Waals surface area contributed by atoms with E-state index in [0.29, 0.717) is 12.8 Å². The van der Waals surface area contributed by atoms with Gasteiger partial charge in [-0.05, 0) is 32.1 Å². The Balaban J connectivity index is 2.37. The molecule has 0 spiro atoms. The number of primary amides is 1. The van der Waals surface area contributed by atoms with Crippen molar-refractivity contribution in [3.8, 4) is 6.07 Å². The first-order valence-electron chi connectivity index (χ1n) is 7.11. The molecule has 0 unspecified atom stereocenters. The van der Waals surface area contributed by atoms with Gasteiger partial charge in [0.1, 0.15) is 6.04 Å². The molecule has 5 nitrogen and oxygen atoms in total. The highest BCUT2D eigenvalue weighted by molar-refractivity contribution is 5.87. The van der Waals surface area contributed by atoms with Crippen LogP contribution in [0.1, 0.15) is 57.8 Å². The lowest BCUT2D eigenvalue weighted by Crippen LogP contribution is -2.46. The molecule has 0 aromatic rings. The maximum atomic E-state index is 12.0. The molecule has 3 N–H and O–H groups in total. The zero-order chi connectivity index (χ0) is 14.1. The van der Waals surface area contributed by atoms with E-state index in [2.05, 4.69) is 11.4 Å². The second-order valence-electron chi connectivity index (χ2n) is 5.20. The van der Waals surface area contributed by atoms with Crippen molar-refractivity contribution in [3.63, 3.8) is 0 Å². The summed E-state index contributed by atoms with van der Waals surface area (Å²) >= 11 is 0. The van der Waals surface area contributed by atoms with Crippen LogP contribution in [-0.4, -0.2) is 17.9 Å². The van der Waals surface area contributed by atoms with Crippen molar-refractivity contribution in [2.45, 2.75) is 63.8 Å². The average molecular weight is 265 g/mol. The van der Waals surface area contributed by atoms with E-state index in [0.717, 1.165) is 38.5 Å². The van der Waals surface area contributed by atoms with E-state index in [9.17, 15) is 9.59 Å². The van der Waals surface area contributed by atoms with Crippen LogP contribution in [0.5, 0.6) is 0 Å². The Labute approximate surface area is 114 Å². The molecule has 2 amide bonds. The molecule has 1 fully saturated rings. The van der Waals surface area contributed by atoms with E-state index in [1.54, 1.807) is 0 Å². The number of unbranched alkanes of at least 4 members (excludes halogenated alkanes) is 2. The van der Waals surface area contributed by atoms with E-state index in [-0.39, 0.29) is 11.8 Å². The van der Waals surface area contributed by atoms with Crippen LogP contribution in [0.2, 0.25) is 0 Å². The van der Waals surface area contributed by atoms with Gasteiger partial charge in [0, 0.05) is 12.3 Å². The van der Waals surface area contributed by atoms with Gasteiger partial charge in [-0.3, -0.25) is 9.59 Å². The molecular weight excluding hydrogens is 242 g/mol. The van der Waals surface area contributed by atoms with Crippen molar-refractivity contribution in [1.82, 2.24) is 5.32 Å². The Kier molecular flexibility index (Phi) is 6.94. The Morgan fingerprint density at radius 3 is 2.53 bits per heavy atom. The number of amides is 2. The summed E-state index contributed by atoms with van der Waals surface area (Å²) in [5.74, 6) is -0.486. The number of hydrogen-bond acceptors (Lipinski definition) is 3. The summed E-state index contributed by atoms with van der Waals surface area (Å²) < 4.78 is 0. The number of carbonyl (C=O) groups excluding carboxylic acids is 2. The Bertz CT molecular complexity index is 343. The fourth-order valence-electron chi connectivity index (χ4n) is 2.49. The molecule has 1 saturated carbocycles. The summed E-state index contributed by atoms with van der Waals surface area (Å²) in [5.41, 5.74) is 5.31. The maximum Gasteiger partial charge on any atom is 0.239 e. The fourth-order valence-corrected chi connectivity index (χ4v) is 2.49. The van der Waals surface area contributed by atoms with Crippen molar-refractivity contribution < 1.29 is 9.59 Å². The van der Waals surface area contributed by atoms with E-state index < -0.39 is 11.9 Å². The Morgan fingerprint density at radius 2 is 1.95 bits per heavy atom. The molecule has 0 aromatic heterocycles. The van der Waals surface area contributed by atoms with E-state index in [1.165, 1.54) is 6.42 Å². The number of carbonyl (C=O) groups is 2. The quantitative estimate of drug-likeness (QED) is 0.684. The summed E-state index contributed by atoms with van der Waals surface area (Å²) in [6.45, 7) is 0. The Hall–Kier alpha value is -1.57. The molecule has 0 aliphatic heterocycles. The normalized spacial score (nSPS) is 17.4. The van der Waals surface area contributed by atoms with Crippen molar-refractivity contribution >= 4 is 11.8 Å². The van der Waals surface area contributed by atoms with E-state index in [4.69, 9.17) is 11.0 Å². The minimum atomic E-state index is -0.590. The summed E-state index contributed by atoms with van der Waals surface area (Å²) in [4.78, 5) is 23.4. The number of nitrogens with one attached hydrogen (secondary N) is 1. The van der Waals surface area contributed by atoms with Crippen LogP contribution in [-0.2, 0) is 9.59 Å². The molecule has 106 valence electrons. The maximum absolute atomic E-state index is 12.0. The van der Waals surface area contributed by atoms with Gasteiger partial charge < -0.3 is 11.1 Å². The van der Waals surface area contributed by atoms with Gasteiger partial charge in [0.25, 0.3) is 0 Å². The minimum absolute atomic E-state index is 0.0368. The lowest BCUT2D eigenvalue weighted by Gasteiger charge is -2.23. The van der Waals surface area contributed by atoms with Gasteiger partial charge in [-0.25, -0.2) is 0 Å². The first-order valence-corrected chi connectivity index (χ1v) is 7.11. The summed E-state index contributed by atoms with van der Waals surface area (Å²) in [6, 6.07) is 1.47. The van der Waals surface area contributed by atoms with Gasteiger partial charge in [-0.1, -0.05) is 19.3 Å². The molecule has 1 rings (SSSR count). The standard InChI is InChI=1S/C14H23N3O2/c15-10-6-2-5-9-12(13(16)18)17-14(19)11-7-3-1-4-8-11/h11-12H,1-9H2,(H2,16,18)(H,17,19)/t12-/m1/s1. The number of nitrogens with two attached hydrogens (primary N) is 1. The van der Waals surface area contributed by atoms with Crippen molar-refractivity contribution in [2.75, 3.05) is 0 Å². The van der Waals surface area contributed by atoms with Crippen LogP contribution in [0, 0.1) is 17.2 Å². The number of nitrogens with zero attached hydrogens (tertiary/aromatic N) is 1. The highest BCUT2D eigenvalue weighted by Gasteiger charge is 2.25. The predicted octanol–water partition coefficient (Wildman–Crippen LogP) is 1.62. The highest BCUT2D eigenvalue weighted by Crippen LogP contribution is 2.23. The predicted molar refractivity (Wildman–Crippen MR) is 71.8 cm³/mol. The van der Waals surface area contributed by atoms with E-state index >= 15 is 0 Å². The minimum Gasteiger partial charge on any atom is -0.368 e. The molecule has 0 radical (unpaired) electrons. The smallest absolute Gasteiger partial charge is 0.239 e. The van der Waals surface area contributed by atoms with Gasteiger partial charge in [-0.15, -0.1) is 0 Å². The van der Waals surface area contributed by atoms with Gasteiger partial charge in [0.15, 0.2) is 0 Å². The molecule has 19 heavy (non-hydrogen) atoms. The van der Waals surface area contributed by atoms with Gasteiger partial charge in [0.05, 0.1) is 6.07 Å². The molecule has 1 aliphatic carbocycles. The third kappa shape index (κ3) is 5.73. The molecule has 5 heteroatoms. The van der Waals surface area contributed by atoms with Gasteiger partial charge in [-0.2, -0.15) is 5.26 Å². The highest BCUT2D eigenvalue weighted by atomic mass is 16.2. The molecule has 0 heterocycles. The van der Waals surface area contributed by atoms with Crippen LogP contribution in [0.4, 0.5) is 0 Å². The van der Waals surface area contributed by atoms with Gasteiger partial charge >= 0.3 is 0 Å². The van der Waals surface area contributed by atoms with E-state index in [1.807, 2.05) is 0 Å². The van der Waals surface area contributed by atoms with Crippen molar-refractivity contribution in [3.05, 3.63) is 0 Å². The molecular formula is C14H23N3O2. The molecule has 1 atom stereocenters. The number of hydrogen-bond donors (Lipinski definition) is 2. The second kappa shape index (κ2) is 8.52. The first kappa shape index (κ1) is 15.5.